The van der Waals surface area contributed by atoms with Gasteiger partial charge in [0.1, 0.15) is 5.75 Å². The van der Waals surface area contributed by atoms with E-state index in [0.717, 1.165) is 16.9 Å². The first kappa shape index (κ1) is 24.6. The summed E-state index contributed by atoms with van der Waals surface area (Å²) in [6, 6.07) is 11.1. The van der Waals surface area contributed by atoms with Crippen LogP contribution in [0, 0.1) is 4.77 Å². The van der Waals surface area contributed by atoms with Gasteiger partial charge in [0.2, 0.25) is 5.91 Å². The van der Waals surface area contributed by atoms with E-state index in [-0.39, 0.29) is 12.3 Å². The number of nitrogens with zero attached hydrogens (tertiary/aromatic N) is 2. The first-order valence-electron chi connectivity index (χ1n) is 10.6. The number of halogens is 1. The molecule has 0 radical (unpaired) electrons. The predicted molar refractivity (Wildman–Crippen MR) is 130 cm³/mol. The highest BCUT2D eigenvalue weighted by Crippen LogP contribution is 2.36. The van der Waals surface area contributed by atoms with Crippen molar-refractivity contribution in [2.75, 3.05) is 20.3 Å². The lowest BCUT2D eigenvalue weighted by Gasteiger charge is -2.14. The molecule has 3 aromatic rings. The number of ether oxygens (including phenoxy) is 3. The van der Waals surface area contributed by atoms with E-state index in [1.54, 1.807) is 23.8 Å². The SMILES string of the molecule is CCOc1ccc(-c2n[nH]c(=S)n2CCC(=O)NCc2cc(Cl)c(OCC)c(OC)c2)cc1. The van der Waals surface area contributed by atoms with Gasteiger partial charge in [-0.2, -0.15) is 5.10 Å². The van der Waals surface area contributed by atoms with Crippen molar-refractivity contribution < 1.29 is 19.0 Å². The number of aromatic nitrogens is 3. The highest BCUT2D eigenvalue weighted by molar-refractivity contribution is 7.71. The van der Waals surface area contributed by atoms with Gasteiger partial charge >= 0.3 is 0 Å². The van der Waals surface area contributed by atoms with Crippen molar-refractivity contribution in [2.24, 2.45) is 0 Å². The van der Waals surface area contributed by atoms with Crippen LogP contribution >= 0.6 is 23.8 Å². The van der Waals surface area contributed by atoms with Crippen LogP contribution in [0.5, 0.6) is 17.2 Å². The molecule has 3 rings (SSSR count). The summed E-state index contributed by atoms with van der Waals surface area (Å²) < 4.78 is 18.6. The van der Waals surface area contributed by atoms with Gasteiger partial charge in [-0.15, -0.1) is 0 Å². The topological polar surface area (TPSA) is 90.4 Å². The quantitative estimate of drug-likeness (QED) is 0.376. The Morgan fingerprint density at radius 1 is 1.18 bits per heavy atom. The molecule has 0 aliphatic rings. The Morgan fingerprint density at radius 3 is 2.58 bits per heavy atom. The lowest BCUT2D eigenvalue weighted by atomic mass is 10.2. The van der Waals surface area contributed by atoms with Gasteiger partial charge in [0.25, 0.3) is 0 Å². The third kappa shape index (κ3) is 6.27. The number of rotatable bonds is 11. The molecule has 0 saturated carbocycles. The number of hydrogen-bond acceptors (Lipinski definition) is 6. The summed E-state index contributed by atoms with van der Waals surface area (Å²) in [6.07, 6.45) is 0.236. The van der Waals surface area contributed by atoms with Crippen LogP contribution in [-0.4, -0.2) is 41.0 Å². The van der Waals surface area contributed by atoms with E-state index in [1.807, 2.05) is 38.1 Å². The molecule has 176 valence electrons. The van der Waals surface area contributed by atoms with Crippen LogP contribution in [0.15, 0.2) is 36.4 Å². The predicted octanol–water partition coefficient (Wildman–Crippen LogP) is 4.77. The number of amides is 1. The average molecular weight is 491 g/mol. The summed E-state index contributed by atoms with van der Waals surface area (Å²) in [5, 5.41) is 10.5. The van der Waals surface area contributed by atoms with Crippen molar-refractivity contribution in [2.45, 2.75) is 33.4 Å². The van der Waals surface area contributed by atoms with Gasteiger partial charge in [-0.1, -0.05) is 11.6 Å². The van der Waals surface area contributed by atoms with E-state index in [0.29, 0.717) is 53.4 Å². The minimum Gasteiger partial charge on any atom is -0.494 e. The first-order chi connectivity index (χ1) is 16.0. The molecule has 1 aromatic heterocycles. The summed E-state index contributed by atoms with van der Waals surface area (Å²) in [5.41, 5.74) is 1.69. The number of hydrogen-bond donors (Lipinski definition) is 2. The number of carbonyl (C=O) groups excluding carboxylic acids is 1. The maximum absolute atomic E-state index is 12.5. The molecule has 0 bridgehead atoms. The molecule has 0 aliphatic carbocycles. The number of benzene rings is 2. The Kier molecular flexibility index (Phi) is 8.73. The standard InChI is InChI=1S/C23H27ClN4O4S/c1-4-31-17-8-6-16(7-9-17)22-26-27-23(33)28(22)11-10-20(29)25-14-15-12-18(24)21(32-5-2)19(13-15)30-3/h6-9,12-13H,4-5,10-11,14H2,1-3H3,(H,25,29)(H,27,33). The van der Waals surface area contributed by atoms with Gasteiger partial charge < -0.3 is 19.5 Å². The summed E-state index contributed by atoms with van der Waals surface area (Å²) in [4.78, 5) is 12.5. The normalized spacial score (nSPS) is 10.7. The van der Waals surface area contributed by atoms with E-state index in [2.05, 4.69) is 15.5 Å². The second-order valence-corrected chi connectivity index (χ2v) is 7.82. The van der Waals surface area contributed by atoms with Crippen LogP contribution in [-0.2, 0) is 17.9 Å². The Hall–Kier alpha value is -3.04. The monoisotopic (exact) mass is 490 g/mol. The summed E-state index contributed by atoms with van der Waals surface area (Å²) in [7, 11) is 1.55. The van der Waals surface area contributed by atoms with Crippen molar-refractivity contribution in [1.29, 1.82) is 0 Å². The molecule has 0 unspecified atom stereocenters. The minimum atomic E-state index is -0.125. The third-order valence-corrected chi connectivity index (χ3v) is 5.40. The highest BCUT2D eigenvalue weighted by atomic mass is 35.5. The fourth-order valence-corrected chi connectivity index (χ4v) is 3.79. The zero-order valence-electron chi connectivity index (χ0n) is 18.8. The van der Waals surface area contributed by atoms with Crippen molar-refractivity contribution in [1.82, 2.24) is 20.1 Å². The third-order valence-electron chi connectivity index (χ3n) is 4.81. The number of nitrogens with one attached hydrogen (secondary N) is 2. The fourth-order valence-electron chi connectivity index (χ4n) is 3.27. The second kappa shape index (κ2) is 11.7. The van der Waals surface area contributed by atoms with E-state index >= 15 is 0 Å². The zero-order valence-corrected chi connectivity index (χ0v) is 20.4. The lowest BCUT2D eigenvalue weighted by Crippen LogP contribution is -2.24. The van der Waals surface area contributed by atoms with E-state index in [1.165, 1.54) is 0 Å². The Balaban J connectivity index is 1.62. The summed E-state index contributed by atoms with van der Waals surface area (Å²) in [5.74, 6) is 2.34. The van der Waals surface area contributed by atoms with Crippen LogP contribution in [0.4, 0.5) is 0 Å². The van der Waals surface area contributed by atoms with Gasteiger partial charge in [0.05, 0.1) is 25.3 Å². The summed E-state index contributed by atoms with van der Waals surface area (Å²) >= 11 is 11.7. The number of methoxy groups -OCH3 is 1. The molecule has 0 atom stereocenters. The van der Waals surface area contributed by atoms with E-state index in [9.17, 15) is 4.79 Å². The smallest absolute Gasteiger partial charge is 0.222 e. The number of H-pyrrole nitrogens is 1. The molecule has 0 saturated heterocycles. The molecular formula is C23H27ClN4O4S. The van der Waals surface area contributed by atoms with Gasteiger partial charge in [0.15, 0.2) is 22.1 Å². The van der Waals surface area contributed by atoms with Crippen LogP contribution in [0.1, 0.15) is 25.8 Å². The molecule has 8 nitrogen and oxygen atoms in total. The molecule has 2 aromatic carbocycles. The van der Waals surface area contributed by atoms with Crippen LogP contribution < -0.4 is 19.5 Å². The minimum absolute atomic E-state index is 0.125. The largest absolute Gasteiger partial charge is 0.494 e. The Morgan fingerprint density at radius 2 is 1.91 bits per heavy atom. The van der Waals surface area contributed by atoms with E-state index < -0.39 is 0 Å². The zero-order chi connectivity index (χ0) is 23.8. The van der Waals surface area contributed by atoms with Crippen LogP contribution in [0.2, 0.25) is 5.02 Å². The van der Waals surface area contributed by atoms with E-state index in [4.69, 9.17) is 38.0 Å². The summed E-state index contributed by atoms with van der Waals surface area (Å²) in [6.45, 7) is 5.58. The lowest BCUT2D eigenvalue weighted by molar-refractivity contribution is -0.121. The molecule has 33 heavy (non-hydrogen) atoms. The van der Waals surface area contributed by atoms with Crippen LogP contribution in [0.3, 0.4) is 0 Å². The molecule has 1 amide bonds. The molecule has 0 spiro atoms. The second-order valence-electron chi connectivity index (χ2n) is 7.03. The molecule has 0 aliphatic heterocycles. The average Bonchev–Trinajstić information content (AvgIpc) is 3.18. The first-order valence-corrected chi connectivity index (χ1v) is 11.4. The van der Waals surface area contributed by atoms with Crippen molar-refractivity contribution in [3.05, 3.63) is 51.8 Å². The highest BCUT2D eigenvalue weighted by Gasteiger charge is 2.14. The van der Waals surface area contributed by atoms with Crippen molar-refractivity contribution in [3.63, 3.8) is 0 Å². The van der Waals surface area contributed by atoms with Gasteiger partial charge in [-0.3, -0.25) is 14.5 Å². The number of carbonyl (C=O) groups is 1. The Labute approximate surface area is 202 Å². The molecule has 2 N–H and O–H groups in total. The Bertz CT molecular complexity index is 1140. The fraction of sp³-hybridized carbons (Fsp3) is 0.348. The van der Waals surface area contributed by atoms with Gasteiger partial charge in [-0.05, 0) is 68.0 Å². The van der Waals surface area contributed by atoms with Crippen molar-refractivity contribution >= 4 is 29.7 Å². The maximum atomic E-state index is 12.5. The van der Waals surface area contributed by atoms with Crippen molar-refractivity contribution in [3.8, 4) is 28.6 Å². The number of aromatic amines is 1. The molecule has 1 heterocycles. The van der Waals surface area contributed by atoms with Crippen LogP contribution in [0.25, 0.3) is 11.4 Å². The van der Waals surface area contributed by atoms with Gasteiger partial charge in [-0.25, -0.2) is 0 Å². The molecular weight excluding hydrogens is 464 g/mol. The van der Waals surface area contributed by atoms with Gasteiger partial charge in [0, 0.05) is 25.1 Å². The molecule has 0 fully saturated rings. The molecule has 10 heteroatoms. The maximum Gasteiger partial charge on any atom is 0.222 e.